The normalized spacial score (nSPS) is 11.8. The monoisotopic (exact) mass is 2100 g/mol. The smallest absolute Gasteiger partial charge is 0.425 e. The first-order valence-electron chi connectivity index (χ1n) is 40.1. The zero-order chi connectivity index (χ0) is 98.6. The number of benzene rings is 4. The van der Waals surface area contributed by atoms with Gasteiger partial charge in [-0.3, -0.25) is 0 Å². The number of halogens is 8. The zero-order valence-electron chi connectivity index (χ0n) is 76.4. The van der Waals surface area contributed by atoms with Crippen molar-refractivity contribution < 1.29 is 96.7 Å². The molecule has 0 aliphatic heterocycles. The number of hydrogen-bond acceptors (Lipinski definition) is 31. The highest BCUT2D eigenvalue weighted by atomic mass is 79.9. The van der Waals surface area contributed by atoms with Crippen molar-refractivity contribution in [1.29, 1.82) is 0 Å². The molecule has 0 unspecified atom stereocenters. The summed E-state index contributed by atoms with van der Waals surface area (Å²) >= 11 is 12.8. The van der Waals surface area contributed by atoms with Crippen LogP contribution in [0, 0.1) is 23.3 Å². The summed E-state index contributed by atoms with van der Waals surface area (Å²) in [6.07, 6.45) is 0.146. The minimum Gasteiger partial charge on any atom is -0.444 e. The molecule has 706 valence electrons. The lowest BCUT2D eigenvalue weighted by molar-refractivity contribution is 0.0275. The molecule has 0 bridgehead atoms. The van der Waals surface area contributed by atoms with Crippen LogP contribution in [0.2, 0.25) is 0 Å². The Morgan fingerprint density at radius 1 is 0.417 bits per heavy atom. The number of sulfone groups is 1. The third-order valence-electron chi connectivity index (χ3n) is 16.6. The van der Waals surface area contributed by atoms with Gasteiger partial charge in [0.2, 0.25) is 0 Å². The van der Waals surface area contributed by atoms with Gasteiger partial charge in [-0.05, 0) is 274 Å². The number of imide groups is 2. The van der Waals surface area contributed by atoms with E-state index < -0.39 is 109 Å². The van der Waals surface area contributed by atoms with Crippen molar-refractivity contribution in [2.24, 2.45) is 0 Å². The van der Waals surface area contributed by atoms with Crippen molar-refractivity contribution >= 4 is 133 Å². The number of nitrogen functional groups attached to an aromatic ring is 2. The fourth-order valence-corrected chi connectivity index (χ4v) is 13.5. The first-order chi connectivity index (χ1) is 61.1. The number of nitrogens with two attached hydrogens (primary N) is 2. The summed E-state index contributed by atoms with van der Waals surface area (Å²) in [6, 6.07) is 21.6. The van der Waals surface area contributed by atoms with Crippen molar-refractivity contribution in [1.82, 2.24) is 70.5 Å². The van der Waals surface area contributed by atoms with Gasteiger partial charge < -0.3 is 68.6 Å². The van der Waals surface area contributed by atoms with Crippen molar-refractivity contribution in [3.8, 4) is 79.4 Å². The van der Waals surface area contributed by atoms with Crippen molar-refractivity contribution in [2.75, 3.05) is 42.4 Å². The molecule has 132 heavy (non-hydrogen) atoms. The number of carbonyl (C=O) groups excluding carboxylic acids is 6. The van der Waals surface area contributed by atoms with Crippen LogP contribution in [0.15, 0.2) is 153 Å². The minimum atomic E-state index is -3.79. The van der Waals surface area contributed by atoms with Gasteiger partial charge in [-0.2, -0.15) is 9.80 Å². The maximum atomic E-state index is 15.3. The van der Waals surface area contributed by atoms with E-state index in [1.165, 1.54) is 103 Å². The lowest BCUT2D eigenvalue weighted by Crippen LogP contribution is -2.44. The number of anilines is 4. The predicted octanol–water partition coefficient (Wildman–Crippen LogP) is 21.3. The van der Waals surface area contributed by atoms with Gasteiger partial charge in [-0.25, -0.2) is 94.6 Å². The average molecular weight is 2110 g/mol. The topological polar surface area (TPSA) is 450 Å². The standard InChI is InChI=1S/2C30H37BrFN5O7.C24H23F2N5O3S.C4H3Br2N3/c2*1-28(2,3)41-25(38)36(10)16-17-11-12-18(19(32)13-17)20-14-21(44-35-20)23-24(33-15-22(31)34-23)37(26(39)42-29(4,5)6)27(40)43-30(7,8)9;1-13(2)35(32,33)22-7-5-15(9-18(22)26)20-12-29-24(27)23(30-20)21-10-19(31-34-21)16-6-4-14(11-28-3)8-17(16)25;5-2-1-8-4(7)3(6)9-2/h2*11-15H,16H2,1-10H3;4-10,12-13,28H,11H2,1-3H3,(H2,27,29);1H,(H2,7,8). The van der Waals surface area contributed by atoms with E-state index in [-0.39, 0.29) is 118 Å². The van der Waals surface area contributed by atoms with Crippen LogP contribution in [0.3, 0.4) is 0 Å². The Morgan fingerprint density at radius 2 is 0.750 bits per heavy atom. The summed E-state index contributed by atoms with van der Waals surface area (Å²) in [5, 5.41) is 14.1. The second-order valence-corrected chi connectivity index (χ2v) is 41.0. The molecule has 0 saturated carbocycles. The van der Waals surface area contributed by atoms with Gasteiger partial charge in [0.1, 0.15) is 97.3 Å². The molecule has 5 N–H and O–H groups in total. The number of nitrogens with one attached hydrogen (secondary N) is 1. The molecule has 0 aliphatic rings. The number of aromatic nitrogens is 11. The van der Waals surface area contributed by atoms with E-state index in [9.17, 15) is 46.0 Å². The van der Waals surface area contributed by atoms with Crippen LogP contribution in [-0.4, -0.2) is 170 Å². The van der Waals surface area contributed by atoms with Crippen LogP contribution in [-0.2, 0) is 57.9 Å². The summed E-state index contributed by atoms with van der Waals surface area (Å²) in [4.78, 5) is 115. The van der Waals surface area contributed by atoms with Gasteiger partial charge in [0.25, 0.3) is 0 Å². The highest BCUT2D eigenvalue weighted by molar-refractivity contribution is 9.11. The molecule has 11 aromatic rings. The van der Waals surface area contributed by atoms with Gasteiger partial charge in [0, 0.05) is 74.2 Å². The quantitative estimate of drug-likeness (QED) is 0.0563. The van der Waals surface area contributed by atoms with Gasteiger partial charge in [-0.15, -0.1) is 0 Å². The highest BCUT2D eigenvalue weighted by Gasteiger charge is 2.40. The highest BCUT2D eigenvalue weighted by Crippen LogP contribution is 2.39. The number of amides is 6. The average Bonchev–Trinajstić information content (AvgIpc) is 1.53. The third kappa shape index (κ3) is 30.0. The summed E-state index contributed by atoms with van der Waals surface area (Å²) < 4.78 is 135. The Balaban J connectivity index is 0.000000233. The van der Waals surface area contributed by atoms with Gasteiger partial charge >= 0.3 is 36.6 Å². The van der Waals surface area contributed by atoms with Crippen LogP contribution in [0.5, 0.6) is 0 Å². The third-order valence-corrected chi connectivity index (χ3v) is 20.6. The molecule has 0 atom stereocenters. The molecule has 0 saturated heterocycles. The summed E-state index contributed by atoms with van der Waals surface area (Å²) in [6.45, 7) is 34.0. The number of nitrogens with zero attached hydrogens (tertiary/aromatic N) is 15. The SMILES string of the molecule is CN(Cc1ccc(-c2cc(-c3nc(Br)cnc3N(C(=O)OC(C)(C)C)C(=O)OC(C)(C)C)on2)c(F)c1)C(=O)OC(C)(C)C.CN(Cc1ccc(-c2cc(-c3nc(Br)cnc3N(C(=O)OC(C)(C)C)C(=O)OC(C)(C)C)on2)c(F)c1)C(=O)OC(C)(C)C.CNCc1ccc(-c2cc(-c3nc(-c4ccc(S(=O)(=O)C(C)C)c(F)c4)cnc3N)on2)c(F)c1.Nc1ncc(Br)nc1Br. The van der Waals surface area contributed by atoms with E-state index in [1.54, 1.807) is 176 Å². The van der Waals surface area contributed by atoms with Crippen LogP contribution in [0.1, 0.15) is 155 Å². The Bertz CT molecular complexity index is 5880. The maximum absolute atomic E-state index is 15.3. The fraction of sp³-hybridized carbons (Fsp3) is 0.375. The molecular weight excluding hydrogens is 2010 g/mol. The van der Waals surface area contributed by atoms with Crippen molar-refractivity contribution in [3.05, 3.63) is 174 Å². The molecule has 44 heteroatoms. The first-order valence-corrected chi connectivity index (χ1v) is 44.8. The molecule has 0 fully saturated rings. The van der Waals surface area contributed by atoms with E-state index >= 15 is 8.78 Å². The maximum Gasteiger partial charge on any atom is 0.425 e. The molecule has 35 nitrogen and oxygen atoms in total. The van der Waals surface area contributed by atoms with Gasteiger partial charge in [0.05, 0.1) is 35.7 Å². The van der Waals surface area contributed by atoms with E-state index in [4.69, 9.17) is 53.5 Å². The second-order valence-electron chi connectivity index (χ2n) is 35.3. The molecule has 11 rings (SSSR count). The van der Waals surface area contributed by atoms with E-state index in [1.807, 2.05) is 0 Å². The lowest BCUT2D eigenvalue weighted by Gasteiger charge is -2.28. The lowest BCUT2D eigenvalue weighted by atomic mass is 10.1. The minimum absolute atomic E-state index is 0.0194. The molecule has 0 radical (unpaired) electrons. The molecule has 0 aliphatic carbocycles. The van der Waals surface area contributed by atoms with Gasteiger partial charge in [0.15, 0.2) is 67.5 Å². The number of carbonyl (C=O) groups is 6. The fourth-order valence-electron chi connectivity index (χ4n) is 11.0. The van der Waals surface area contributed by atoms with E-state index in [0.29, 0.717) is 48.1 Å². The molecule has 6 amide bonds. The van der Waals surface area contributed by atoms with Crippen LogP contribution >= 0.6 is 63.7 Å². The first kappa shape index (κ1) is 105. The number of rotatable bonds is 17. The Kier molecular flexibility index (Phi) is 34.4. The van der Waals surface area contributed by atoms with E-state index in [0.717, 1.165) is 11.6 Å². The van der Waals surface area contributed by atoms with Crippen LogP contribution < -0.4 is 26.6 Å². The van der Waals surface area contributed by atoms with Gasteiger partial charge in [-0.1, -0.05) is 39.7 Å². The zero-order valence-corrected chi connectivity index (χ0v) is 83.6. The van der Waals surface area contributed by atoms with Crippen LogP contribution in [0.4, 0.5) is 69.6 Å². The van der Waals surface area contributed by atoms with Crippen molar-refractivity contribution in [3.63, 3.8) is 0 Å². The molecule has 0 spiro atoms. The van der Waals surface area contributed by atoms with E-state index in [2.05, 4.69) is 124 Å². The largest absolute Gasteiger partial charge is 0.444 e. The predicted molar refractivity (Wildman–Crippen MR) is 496 cm³/mol. The number of ether oxygens (including phenoxy) is 6. The Labute approximate surface area is 793 Å². The molecule has 4 aromatic carbocycles. The van der Waals surface area contributed by atoms with Crippen LogP contribution in [0.25, 0.3) is 79.4 Å². The number of hydrogen-bond donors (Lipinski definition) is 3. The molecular formula is C88H100Br4F4N18O17S. The van der Waals surface area contributed by atoms with Crippen molar-refractivity contribution in [2.45, 2.75) is 202 Å². The summed E-state index contributed by atoms with van der Waals surface area (Å²) in [5.74, 6) is -2.56. The Morgan fingerprint density at radius 3 is 1.08 bits per heavy atom. The summed E-state index contributed by atoms with van der Waals surface area (Å²) in [7, 11) is 1.09. The second kappa shape index (κ2) is 43.1. The molecule has 7 aromatic heterocycles. The summed E-state index contributed by atoms with van der Waals surface area (Å²) in [5.41, 5.74) is 9.45. The molecule has 7 heterocycles. The Hall–Kier alpha value is -12.0.